The standard InChI is InChI=1S/C22H33ClN2O5S/c1-15(2)19(21(27)30-22(3,4)5)24(6)31(28,29)25-13-11-17(12-14-25)20(26)16-7-9-18(23)10-8-16/h7-10,15,17,19H,11-14H2,1-6H3. The summed E-state index contributed by atoms with van der Waals surface area (Å²) in [6.45, 7) is 9.26. The molecule has 1 aliphatic heterocycles. The number of ether oxygens (including phenoxy) is 1. The first-order valence-electron chi connectivity index (χ1n) is 10.5. The van der Waals surface area contributed by atoms with Gasteiger partial charge in [0, 0.05) is 36.6 Å². The van der Waals surface area contributed by atoms with Gasteiger partial charge in [0.05, 0.1) is 0 Å². The molecular formula is C22H33ClN2O5S. The van der Waals surface area contributed by atoms with Gasteiger partial charge in [0.1, 0.15) is 11.6 Å². The van der Waals surface area contributed by atoms with Crippen molar-refractivity contribution in [1.82, 2.24) is 8.61 Å². The molecule has 1 fully saturated rings. The van der Waals surface area contributed by atoms with E-state index in [0.29, 0.717) is 23.4 Å². The summed E-state index contributed by atoms with van der Waals surface area (Å²) in [6, 6.07) is 5.79. The number of halogens is 1. The van der Waals surface area contributed by atoms with Crippen molar-refractivity contribution in [3.8, 4) is 0 Å². The van der Waals surface area contributed by atoms with Gasteiger partial charge in [0.25, 0.3) is 10.2 Å². The number of ketones is 1. The Hall–Kier alpha value is -1.48. The number of Topliss-reactive ketones (excluding diaryl/α,β-unsaturated/α-hetero) is 1. The third kappa shape index (κ3) is 6.51. The zero-order valence-electron chi connectivity index (χ0n) is 19.1. The molecule has 0 bridgehead atoms. The fourth-order valence-corrected chi connectivity index (χ4v) is 5.51. The number of esters is 1. The zero-order valence-corrected chi connectivity index (χ0v) is 20.7. The number of benzene rings is 1. The molecule has 0 N–H and O–H groups in total. The largest absolute Gasteiger partial charge is 0.459 e. The van der Waals surface area contributed by atoms with Crippen molar-refractivity contribution in [2.24, 2.45) is 11.8 Å². The van der Waals surface area contributed by atoms with Crippen molar-refractivity contribution >= 4 is 33.6 Å². The molecule has 0 spiro atoms. The average Bonchev–Trinajstić information content (AvgIpc) is 2.66. The molecule has 0 amide bonds. The van der Waals surface area contributed by atoms with E-state index in [1.807, 2.05) is 0 Å². The predicted octanol–water partition coefficient (Wildman–Crippen LogP) is 3.78. The van der Waals surface area contributed by atoms with Crippen molar-refractivity contribution in [3.63, 3.8) is 0 Å². The minimum absolute atomic E-state index is 0.00381. The molecule has 1 heterocycles. The van der Waals surface area contributed by atoms with Gasteiger partial charge in [0.15, 0.2) is 5.78 Å². The summed E-state index contributed by atoms with van der Waals surface area (Å²) < 4.78 is 34.4. The molecule has 0 aliphatic carbocycles. The topological polar surface area (TPSA) is 84.0 Å². The Balaban J connectivity index is 2.09. The number of hydrogen-bond donors (Lipinski definition) is 0. The van der Waals surface area contributed by atoms with E-state index < -0.39 is 27.8 Å². The second kappa shape index (κ2) is 9.98. The second-order valence-electron chi connectivity index (χ2n) is 9.29. The van der Waals surface area contributed by atoms with E-state index in [4.69, 9.17) is 16.3 Å². The van der Waals surface area contributed by atoms with E-state index in [0.717, 1.165) is 4.31 Å². The Morgan fingerprint density at radius 2 is 1.65 bits per heavy atom. The van der Waals surface area contributed by atoms with Gasteiger partial charge < -0.3 is 4.74 Å². The molecule has 1 aliphatic rings. The van der Waals surface area contributed by atoms with Crippen LogP contribution in [0.2, 0.25) is 5.02 Å². The molecule has 1 unspecified atom stereocenters. The lowest BCUT2D eigenvalue weighted by atomic mass is 9.90. The van der Waals surface area contributed by atoms with Crippen LogP contribution in [0.3, 0.4) is 0 Å². The van der Waals surface area contributed by atoms with Crippen molar-refractivity contribution < 1.29 is 22.7 Å². The highest BCUT2D eigenvalue weighted by Gasteiger charge is 2.41. The van der Waals surface area contributed by atoms with Gasteiger partial charge >= 0.3 is 5.97 Å². The van der Waals surface area contributed by atoms with Crippen molar-refractivity contribution in [3.05, 3.63) is 34.9 Å². The molecule has 0 saturated carbocycles. The Bertz CT molecular complexity index is 885. The molecule has 0 radical (unpaired) electrons. The summed E-state index contributed by atoms with van der Waals surface area (Å²) in [4.78, 5) is 25.4. The predicted molar refractivity (Wildman–Crippen MR) is 121 cm³/mol. The molecule has 9 heteroatoms. The van der Waals surface area contributed by atoms with E-state index >= 15 is 0 Å². The minimum Gasteiger partial charge on any atom is -0.459 e. The zero-order chi connectivity index (χ0) is 23.6. The normalized spacial score (nSPS) is 17.7. The molecule has 31 heavy (non-hydrogen) atoms. The van der Waals surface area contributed by atoms with Crippen LogP contribution in [0.4, 0.5) is 0 Å². The average molecular weight is 473 g/mol. The second-order valence-corrected chi connectivity index (χ2v) is 11.7. The summed E-state index contributed by atoms with van der Waals surface area (Å²) in [6.07, 6.45) is 0.848. The van der Waals surface area contributed by atoms with Gasteiger partial charge in [-0.05, 0) is 63.8 Å². The summed E-state index contributed by atoms with van der Waals surface area (Å²) in [7, 11) is -2.48. The van der Waals surface area contributed by atoms with Crippen molar-refractivity contribution in [1.29, 1.82) is 0 Å². The fraction of sp³-hybridized carbons (Fsp3) is 0.636. The quantitative estimate of drug-likeness (QED) is 0.445. The highest BCUT2D eigenvalue weighted by Crippen LogP contribution is 2.27. The van der Waals surface area contributed by atoms with Crippen LogP contribution >= 0.6 is 11.6 Å². The number of carbonyl (C=O) groups is 2. The molecule has 1 aromatic rings. The minimum atomic E-state index is -3.89. The molecule has 2 rings (SSSR count). The van der Waals surface area contributed by atoms with Crippen LogP contribution in [0, 0.1) is 11.8 Å². The summed E-state index contributed by atoms with van der Waals surface area (Å²) in [5.41, 5.74) is -0.137. The Morgan fingerprint density at radius 3 is 2.10 bits per heavy atom. The number of rotatable bonds is 7. The number of piperidine rings is 1. The maximum Gasteiger partial charge on any atom is 0.325 e. The van der Waals surface area contributed by atoms with Crippen LogP contribution in [-0.2, 0) is 19.7 Å². The molecule has 1 aromatic carbocycles. The first-order chi connectivity index (χ1) is 14.2. The first-order valence-corrected chi connectivity index (χ1v) is 12.3. The van der Waals surface area contributed by atoms with E-state index in [1.165, 1.54) is 11.4 Å². The lowest BCUT2D eigenvalue weighted by molar-refractivity contribution is -0.160. The smallest absolute Gasteiger partial charge is 0.325 e. The number of hydrogen-bond acceptors (Lipinski definition) is 5. The van der Waals surface area contributed by atoms with Crippen LogP contribution in [0.15, 0.2) is 24.3 Å². The monoisotopic (exact) mass is 472 g/mol. The lowest BCUT2D eigenvalue weighted by Gasteiger charge is -2.37. The van der Waals surface area contributed by atoms with Crippen molar-refractivity contribution in [2.45, 2.75) is 59.1 Å². The van der Waals surface area contributed by atoms with Gasteiger partial charge in [-0.1, -0.05) is 25.4 Å². The van der Waals surface area contributed by atoms with E-state index in [1.54, 1.807) is 58.9 Å². The van der Waals surface area contributed by atoms with Gasteiger partial charge in [-0.2, -0.15) is 17.0 Å². The van der Waals surface area contributed by atoms with E-state index in [-0.39, 0.29) is 30.7 Å². The highest BCUT2D eigenvalue weighted by atomic mass is 35.5. The maximum absolute atomic E-state index is 13.2. The van der Waals surface area contributed by atoms with Crippen LogP contribution in [0.5, 0.6) is 0 Å². The number of likely N-dealkylation sites (N-methyl/N-ethyl adjacent to an activating group) is 1. The third-order valence-corrected chi connectivity index (χ3v) is 7.54. The van der Waals surface area contributed by atoms with Crippen LogP contribution in [0.1, 0.15) is 57.8 Å². The van der Waals surface area contributed by atoms with Crippen LogP contribution < -0.4 is 0 Å². The Kier molecular flexibility index (Phi) is 8.30. The third-order valence-electron chi connectivity index (χ3n) is 5.32. The number of nitrogens with zero attached hydrogens (tertiary/aromatic N) is 2. The van der Waals surface area contributed by atoms with Crippen LogP contribution in [-0.4, -0.2) is 60.6 Å². The fourth-order valence-electron chi connectivity index (χ4n) is 3.73. The Labute approximate surface area is 190 Å². The van der Waals surface area contributed by atoms with Crippen molar-refractivity contribution in [2.75, 3.05) is 20.1 Å². The Morgan fingerprint density at radius 1 is 1.13 bits per heavy atom. The van der Waals surface area contributed by atoms with E-state index in [9.17, 15) is 18.0 Å². The summed E-state index contributed by atoms with van der Waals surface area (Å²) >= 11 is 5.88. The molecule has 1 saturated heterocycles. The highest BCUT2D eigenvalue weighted by molar-refractivity contribution is 7.86. The summed E-state index contributed by atoms with van der Waals surface area (Å²) in [5, 5.41) is 0.560. The van der Waals surface area contributed by atoms with Gasteiger partial charge in [-0.15, -0.1) is 0 Å². The molecule has 1 atom stereocenters. The summed E-state index contributed by atoms with van der Waals surface area (Å²) in [5.74, 6) is -1.08. The number of carbonyl (C=O) groups excluding carboxylic acids is 2. The SMILES string of the molecule is CC(C)C(C(=O)OC(C)(C)C)N(C)S(=O)(=O)N1CCC(C(=O)c2ccc(Cl)cc2)CC1. The van der Waals surface area contributed by atoms with Crippen LogP contribution in [0.25, 0.3) is 0 Å². The van der Waals surface area contributed by atoms with Gasteiger partial charge in [-0.25, -0.2) is 0 Å². The molecule has 0 aromatic heterocycles. The molecular weight excluding hydrogens is 440 g/mol. The van der Waals surface area contributed by atoms with Gasteiger partial charge in [-0.3, -0.25) is 9.59 Å². The first kappa shape index (κ1) is 25.8. The maximum atomic E-state index is 13.2. The van der Waals surface area contributed by atoms with Gasteiger partial charge in [0.2, 0.25) is 0 Å². The molecule has 7 nitrogen and oxygen atoms in total. The molecule has 174 valence electrons. The van der Waals surface area contributed by atoms with E-state index in [2.05, 4.69) is 0 Å². The lowest BCUT2D eigenvalue weighted by Crippen LogP contribution is -2.54.